The number of hydrogen-bond acceptors (Lipinski definition) is 4. The van der Waals surface area contributed by atoms with Crippen LogP contribution < -0.4 is 10.7 Å². The Morgan fingerprint density at radius 2 is 2.25 bits per heavy atom. The first-order valence-corrected chi connectivity index (χ1v) is 6.82. The normalized spacial score (nSPS) is 23.9. The minimum Gasteiger partial charge on any atom is -0.468 e. The van der Waals surface area contributed by atoms with Gasteiger partial charge in [-0.3, -0.25) is 9.59 Å². The summed E-state index contributed by atoms with van der Waals surface area (Å²) < 4.78 is 4.91. The van der Waals surface area contributed by atoms with Crippen LogP contribution in [0.4, 0.5) is 0 Å². The van der Waals surface area contributed by atoms with E-state index in [-0.39, 0.29) is 11.4 Å². The van der Waals surface area contributed by atoms with Crippen LogP contribution in [0.5, 0.6) is 0 Å². The fourth-order valence-corrected chi connectivity index (χ4v) is 3.15. The maximum absolute atomic E-state index is 12.8. The standard InChI is InChI=1S/C15H18N2O3/c1-15(14(19)20-2)6-3-4-10-12(15)13(18)9-5-7-16-8-11(9)17-10/h3-4,16H,5-8H2,1-2H3,(H,17,18). The molecule has 1 aliphatic heterocycles. The van der Waals surface area contributed by atoms with Gasteiger partial charge in [0, 0.05) is 29.1 Å². The summed E-state index contributed by atoms with van der Waals surface area (Å²) in [5, 5.41) is 3.24. The summed E-state index contributed by atoms with van der Waals surface area (Å²) in [5.41, 5.74) is 2.11. The summed E-state index contributed by atoms with van der Waals surface area (Å²) in [6, 6.07) is 0. The largest absolute Gasteiger partial charge is 0.468 e. The number of nitrogens with one attached hydrogen (secondary N) is 2. The number of rotatable bonds is 1. The number of esters is 1. The van der Waals surface area contributed by atoms with Gasteiger partial charge in [-0.15, -0.1) is 0 Å². The molecule has 20 heavy (non-hydrogen) atoms. The number of pyridine rings is 1. The Morgan fingerprint density at radius 1 is 1.45 bits per heavy atom. The van der Waals surface area contributed by atoms with Gasteiger partial charge in [0.25, 0.3) is 0 Å². The van der Waals surface area contributed by atoms with E-state index in [0.717, 1.165) is 23.5 Å². The van der Waals surface area contributed by atoms with Crippen molar-refractivity contribution in [1.29, 1.82) is 0 Å². The van der Waals surface area contributed by atoms with Gasteiger partial charge in [0.15, 0.2) is 5.43 Å². The first-order chi connectivity index (χ1) is 9.58. The molecule has 0 radical (unpaired) electrons. The number of hydrogen-bond donors (Lipinski definition) is 2. The molecule has 1 aromatic rings. The lowest BCUT2D eigenvalue weighted by molar-refractivity contribution is -0.146. The van der Waals surface area contributed by atoms with E-state index in [1.807, 2.05) is 12.2 Å². The molecule has 1 unspecified atom stereocenters. The topological polar surface area (TPSA) is 71.2 Å². The lowest BCUT2D eigenvalue weighted by Crippen LogP contribution is -2.43. The van der Waals surface area contributed by atoms with Crippen LogP contribution in [0.15, 0.2) is 10.9 Å². The van der Waals surface area contributed by atoms with Crippen LogP contribution >= 0.6 is 0 Å². The van der Waals surface area contributed by atoms with Gasteiger partial charge in [-0.2, -0.15) is 0 Å². The lowest BCUT2D eigenvalue weighted by atomic mass is 9.74. The molecule has 0 saturated heterocycles. The van der Waals surface area contributed by atoms with E-state index >= 15 is 0 Å². The van der Waals surface area contributed by atoms with Crippen LogP contribution in [0.3, 0.4) is 0 Å². The molecule has 106 valence electrons. The Bertz CT molecular complexity index is 660. The molecule has 5 nitrogen and oxygen atoms in total. The maximum Gasteiger partial charge on any atom is 0.316 e. The number of carbonyl (C=O) groups is 1. The Labute approximate surface area is 117 Å². The molecule has 0 fully saturated rings. The SMILES string of the molecule is COC(=O)C1(C)CC=Cc2[nH]c3c(c(=O)c21)CCNC3. The number of methoxy groups -OCH3 is 1. The molecule has 0 amide bonds. The number of fused-ring (bicyclic) bond motifs is 2. The van der Waals surface area contributed by atoms with Crippen LogP contribution in [0.2, 0.25) is 0 Å². The number of H-pyrrole nitrogens is 1. The van der Waals surface area contributed by atoms with Crippen molar-refractivity contribution < 1.29 is 9.53 Å². The molecule has 0 saturated carbocycles. The van der Waals surface area contributed by atoms with Gasteiger partial charge in [-0.05, 0) is 32.4 Å². The van der Waals surface area contributed by atoms with E-state index in [2.05, 4.69) is 10.3 Å². The highest BCUT2D eigenvalue weighted by Crippen LogP contribution is 2.34. The summed E-state index contributed by atoms with van der Waals surface area (Å²) >= 11 is 0. The average molecular weight is 274 g/mol. The predicted octanol–water partition coefficient (Wildman–Crippen LogP) is 0.868. The highest BCUT2D eigenvalue weighted by Gasteiger charge is 2.42. The number of allylic oxidation sites excluding steroid dienone is 1. The van der Waals surface area contributed by atoms with Crippen molar-refractivity contribution in [3.8, 4) is 0 Å². The first-order valence-electron chi connectivity index (χ1n) is 6.82. The third-order valence-electron chi connectivity index (χ3n) is 4.27. The van der Waals surface area contributed by atoms with Crippen LogP contribution in [0.1, 0.15) is 35.9 Å². The second-order valence-electron chi connectivity index (χ2n) is 5.56. The lowest BCUT2D eigenvalue weighted by Gasteiger charge is -2.31. The van der Waals surface area contributed by atoms with Gasteiger partial charge in [0.2, 0.25) is 0 Å². The molecule has 0 spiro atoms. The van der Waals surface area contributed by atoms with Gasteiger partial charge in [-0.25, -0.2) is 0 Å². The molecular weight excluding hydrogens is 256 g/mol. The van der Waals surface area contributed by atoms with Crippen LogP contribution in [0.25, 0.3) is 6.08 Å². The molecule has 1 aromatic heterocycles. The molecule has 1 aliphatic carbocycles. The summed E-state index contributed by atoms with van der Waals surface area (Å²) in [6.07, 6.45) is 4.99. The first kappa shape index (κ1) is 13.1. The van der Waals surface area contributed by atoms with Gasteiger partial charge < -0.3 is 15.0 Å². The van der Waals surface area contributed by atoms with Crippen molar-refractivity contribution >= 4 is 12.0 Å². The summed E-state index contributed by atoms with van der Waals surface area (Å²) in [6.45, 7) is 3.24. The van der Waals surface area contributed by atoms with E-state index in [0.29, 0.717) is 24.9 Å². The number of ether oxygens (including phenoxy) is 1. The van der Waals surface area contributed by atoms with Crippen molar-refractivity contribution in [2.24, 2.45) is 0 Å². The maximum atomic E-state index is 12.8. The quantitative estimate of drug-likeness (QED) is 0.745. The van der Waals surface area contributed by atoms with E-state index in [9.17, 15) is 9.59 Å². The van der Waals surface area contributed by atoms with Crippen LogP contribution in [-0.2, 0) is 27.9 Å². The average Bonchev–Trinajstić information content (AvgIpc) is 2.46. The van der Waals surface area contributed by atoms with E-state index < -0.39 is 5.41 Å². The van der Waals surface area contributed by atoms with E-state index in [1.165, 1.54) is 7.11 Å². The predicted molar refractivity (Wildman–Crippen MR) is 75.5 cm³/mol. The van der Waals surface area contributed by atoms with Gasteiger partial charge >= 0.3 is 5.97 Å². The van der Waals surface area contributed by atoms with Crippen molar-refractivity contribution in [3.63, 3.8) is 0 Å². The molecular formula is C15H18N2O3. The Morgan fingerprint density at radius 3 is 3.00 bits per heavy atom. The number of aromatic amines is 1. The molecule has 2 heterocycles. The van der Waals surface area contributed by atoms with Crippen LogP contribution in [-0.4, -0.2) is 24.6 Å². The highest BCUT2D eigenvalue weighted by atomic mass is 16.5. The molecule has 0 aromatic carbocycles. The van der Waals surface area contributed by atoms with Gasteiger partial charge in [0.1, 0.15) is 0 Å². The van der Waals surface area contributed by atoms with Crippen LogP contribution in [0, 0.1) is 0 Å². The second-order valence-corrected chi connectivity index (χ2v) is 5.56. The third-order valence-corrected chi connectivity index (χ3v) is 4.27. The Balaban J connectivity index is 2.27. The van der Waals surface area contributed by atoms with Gasteiger partial charge in [0.05, 0.1) is 12.5 Å². The zero-order valence-corrected chi connectivity index (χ0v) is 11.7. The monoisotopic (exact) mass is 274 g/mol. The van der Waals surface area contributed by atoms with E-state index in [4.69, 9.17) is 4.74 Å². The second kappa shape index (κ2) is 4.59. The fraction of sp³-hybridized carbons (Fsp3) is 0.467. The van der Waals surface area contributed by atoms with Crippen molar-refractivity contribution in [1.82, 2.24) is 10.3 Å². The summed E-state index contributed by atoms with van der Waals surface area (Å²) in [5.74, 6) is -0.359. The molecule has 0 bridgehead atoms. The Kier molecular flexibility index (Phi) is 3.01. The van der Waals surface area contributed by atoms with Crippen molar-refractivity contribution in [3.05, 3.63) is 38.8 Å². The van der Waals surface area contributed by atoms with Crippen molar-refractivity contribution in [2.75, 3.05) is 13.7 Å². The smallest absolute Gasteiger partial charge is 0.316 e. The zero-order valence-electron chi connectivity index (χ0n) is 11.7. The van der Waals surface area contributed by atoms with Gasteiger partial charge in [-0.1, -0.05) is 6.08 Å². The molecule has 2 N–H and O–H groups in total. The van der Waals surface area contributed by atoms with Crippen molar-refractivity contribution in [2.45, 2.75) is 31.7 Å². The summed E-state index contributed by atoms with van der Waals surface area (Å²) in [7, 11) is 1.36. The Hall–Kier alpha value is -1.88. The third kappa shape index (κ3) is 1.73. The minimum absolute atomic E-state index is 0.00694. The number of carbonyl (C=O) groups excluding carboxylic acids is 1. The molecule has 1 atom stereocenters. The zero-order chi connectivity index (χ0) is 14.3. The highest BCUT2D eigenvalue weighted by molar-refractivity contribution is 5.85. The fourth-order valence-electron chi connectivity index (χ4n) is 3.15. The molecule has 2 aliphatic rings. The summed E-state index contributed by atoms with van der Waals surface area (Å²) in [4.78, 5) is 28.3. The molecule has 5 heteroatoms. The number of aromatic nitrogens is 1. The van der Waals surface area contributed by atoms with E-state index in [1.54, 1.807) is 6.92 Å². The minimum atomic E-state index is -0.897. The molecule has 3 rings (SSSR count).